The van der Waals surface area contributed by atoms with Crippen LogP contribution < -0.4 is 0 Å². The summed E-state index contributed by atoms with van der Waals surface area (Å²) in [6, 6.07) is 0. The van der Waals surface area contributed by atoms with Gasteiger partial charge in [0.15, 0.2) is 6.10 Å². The largest absolute Gasteiger partial charge is 0.462 e. The van der Waals surface area contributed by atoms with Gasteiger partial charge in [-0.15, -0.1) is 0 Å². The quantitative estimate of drug-likeness (QED) is 0.0261. The molecule has 0 heterocycles. The predicted octanol–water partition coefficient (Wildman–Crippen LogP) is 19.9. The molecule has 0 aromatic heterocycles. The zero-order chi connectivity index (χ0) is 51.4. The summed E-state index contributed by atoms with van der Waals surface area (Å²) in [5.41, 5.74) is 0. The summed E-state index contributed by atoms with van der Waals surface area (Å²) in [5, 5.41) is 0. The van der Waals surface area contributed by atoms with Crippen molar-refractivity contribution in [2.24, 2.45) is 0 Å². The van der Waals surface area contributed by atoms with Gasteiger partial charge in [-0.25, -0.2) is 0 Å². The van der Waals surface area contributed by atoms with Crippen molar-refractivity contribution < 1.29 is 28.6 Å². The molecule has 0 amide bonds. The molecular formula is C65H108O6. The minimum absolute atomic E-state index is 0.0954. The van der Waals surface area contributed by atoms with Gasteiger partial charge in [0, 0.05) is 19.3 Å². The number of rotatable bonds is 52. The lowest BCUT2D eigenvalue weighted by Crippen LogP contribution is -2.30. The summed E-state index contributed by atoms with van der Waals surface area (Å²) in [5.74, 6) is -0.947. The second-order valence-electron chi connectivity index (χ2n) is 19.1. The van der Waals surface area contributed by atoms with E-state index in [1.807, 2.05) is 0 Å². The van der Waals surface area contributed by atoms with E-state index in [0.29, 0.717) is 19.3 Å². The smallest absolute Gasteiger partial charge is 0.306 e. The molecule has 1 atom stereocenters. The molecule has 0 saturated carbocycles. The maximum Gasteiger partial charge on any atom is 0.306 e. The minimum Gasteiger partial charge on any atom is -0.462 e. The maximum atomic E-state index is 12.9. The van der Waals surface area contributed by atoms with Crippen LogP contribution in [0.25, 0.3) is 0 Å². The van der Waals surface area contributed by atoms with E-state index >= 15 is 0 Å². The Morgan fingerprint density at radius 3 is 0.887 bits per heavy atom. The molecule has 0 spiro atoms. The van der Waals surface area contributed by atoms with E-state index in [0.717, 1.165) is 122 Å². The van der Waals surface area contributed by atoms with Crippen molar-refractivity contribution in [1.82, 2.24) is 0 Å². The standard InChI is InChI=1S/C65H108O6/c1-4-7-10-13-16-19-22-25-28-30-31-32-33-35-37-40-43-46-49-52-55-58-64(67)70-61-62(60-69-63(66)57-54-51-48-45-42-39-36-27-24-21-18-15-12-9-6-3)71-65(68)59-56-53-50-47-44-41-38-34-29-26-23-20-17-14-11-8-5-2/h7-8,10-11,16-17,19-20,25-26,28-29,31-32,35,37,43,46,62H,4-6,9,12-15,18,21-24,27,30,33-34,36,38-42,44-45,47-61H2,1-3H3/b10-7-,11-8-,19-16-,20-17-,28-25-,29-26-,32-31-,37-35-,46-43-. The van der Waals surface area contributed by atoms with Crippen molar-refractivity contribution in [2.75, 3.05) is 13.2 Å². The lowest BCUT2D eigenvalue weighted by molar-refractivity contribution is -0.167. The van der Waals surface area contributed by atoms with Gasteiger partial charge in [-0.3, -0.25) is 14.4 Å². The first-order chi connectivity index (χ1) is 35.0. The van der Waals surface area contributed by atoms with Crippen LogP contribution in [0.5, 0.6) is 0 Å². The van der Waals surface area contributed by atoms with Crippen LogP contribution in [0.3, 0.4) is 0 Å². The molecular weight excluding hydrogens is 877 g/mol. The number of hydrogen-bond acceptors (Lipinski definition) is 6. The summed E-state index contributed by atoms with van der Waals surface area (Å²) in [6.07, 6.45) is 79.3. The minimum atomic E-state index is -0.802. The van der Waals surface area contributed by atoms with E-state index < -0.39 is 6.10 Å². The topological polar surface area (TPSA) is 78.9 Å². The Kier molecular flexibility index (Phi) is 55.4. The van der Waals surface area contributed by atoms with Gasteiger partial charge in [0.25, 0.3) is 0 Å². The molecule has 0 radical (unpaired) electrons. The Hall–Kier alpha value is -3.93. The molecule has 0 aliphatic heterocycles. The number of unbranched alkanes of at least 4 members (excludes halogenated alkanes) is 23. The van der Waals surface area contributed by atoms with E-state index in [-0.39, 0.29) is 31.1 Å². The average Bonchev–Trinajstić information content (AvgIpc) is 3.37. The van der Waals surface area contributed by atoms with Crippen molar-refractivity contribution in [3.05, 3.63) is 109 Å². The van der Waals surface area contributed by atoms with Gasteiger partial charge in [-0.1, -0.05) is 252 Å². The summed E-state index contributed by atoms with van der Waals surface area (Å²) in [6.45, 7) is 6.38. The number of ether oxygens (including phenoxy) is 3. The van der Waals surface area contributed by atoms with Gasteiger partial charge < -0.3 is 14.2 Å². The molecule has 0 N–H and O–H groups in total. The van der Waals surface area contributed by atoms with Gasteiger partial charge in [-0.05, 0) is 103 Å². The highest BCUT2D eigenvalue weighted by molar-refractivity contribution is 5.71. The van der Waals surface area contributed by atoms with Crippen molar-refractivity contribution in [3.8, 4) is 0 Å². The zero-order valence-electron chi connectivity index (χ0n) is 46.2. The Morgan fingerprint density at radius 2 is 0.549 bits per heavy atom. The first-order valence-electron chi connectivity index (χ1n) is 29.4. The highest BCUT2D eigenvalue weighted by atomic mass is 16.6. The van der Waals surface area contributed by atoms with Crippen molar-refractivity contribution in [2.45, 2.75) is 271 Å². The van der Waals surface area contributed by atoms with E-state index in [1.165, 1.54) is 103 Å². The highest BCUT2D eigenvalue weighted by Gasteiger charge is 2.19. The Labute approximate surface area is 438 Å². The van der Waals surface area contributed by atoms with Crippen LogP contribution in [-0.2, 0) is 28.6 Å². The van der Waals surface area contributed by atoms with Crippen LogP contribution in [0.2, 0.25) is 0 Å². The van der Waals surface area contributed by atoms with Gasteiger partial charge in [0.1, 0.15) is 13.2 Å². The van der Waals surface area contributed by atoms with Crippen LogP contribution in [0.15, 0.2) is 109 Å². The number of carbonyl (C=O) groups is 3. The summed E-state index contributed by atoms with van der Waals surface area (Å²) in [7, 11) is 0. The molecule has 0 aromatic carbocycles. The van der Waals surface area contributed by atoms with Gasteiger partial charge in [-0.2, -0.15) is 0 Å². The van der Waals surface area contributed by atoms with Crippen LogP contribution >= 0.6 is 0 Å². The van der Waals surface area contributed by atoms with E-state index in [4.69, 9.17) is 14.2 Å². The average molecular weight is 986 g/mol. The summed E-state index contributed by atoms with van der Waals surface area (Å²) < 4.78 is 16.8. The third-order valence-electron chi connectivity index (χ3n) is 12.3. The fourth-order valence-corrected chi connectivity index (χ4v) is 7.93. The molecule has 0 aromatic rings. The molecule has 404 valence electrons. The molecule has 0 saturated heterocycles. The van der Waals surface area contributed by atoms with Gasteiger partial charge in [0.2, 0.25) is 0 Å². The van der Waals surface area contributed by atoms with E-state index in [1.54, 1.807) is 0 Å². The zero-order valence-corrected chi connectivity index (χ0v) is 46.2. The fraction of sp³-hybridized carbons (Fsp3) is 0.677. The second kappa shape index (κ2) is 58.6. The molecule has 6 heteroatoms. The molecule has 0 fully saturated rings. The molecule has 0 aliphatic carbocycles. The molecule has 0 bridgehead atoms. The number of allylic oxidation sites excluding steroid dienone is 18. The maximum absolute atomic E-state index is 12.9. The Morgan fingerprint density at radius 1 is 0.296 bits per heavy atom. The van der Waals surface area contributed by atoms with Crippen LogP contribution in [0, 0.1) is 0 Å². The van der Waals surface area contributed by atoms with E-state index in [9.17, 15) is 14.4 Å². The number of carbonyl (C=O) groups excluding carboxylic acids is 3. The normalized spacial score (nSPS) is 12.9. The van der Waals surface area contributed by atoms with Gasteiger partial charge in [0.05, 0.1) is 0 Å². The SMILES string of the molecule is CC/C=C\C/C=C\C/C=C\C/C=C\C/C=C\C/C=C\CCCCC(=O)OCC(COC(=O)CCCCCCCCCCCCCCCCC)OC(=O)CCCCCCCCC/C=C\C/C=C\C/C=C\CC. The predicted molar refractivity (Wildman–Crippen MR) is 307 cm³/mol. The van der Waals surface area contributed by atoms with Crippen molar-refractivity contribution in [3.63, 3.8) is 0 Å². The van der Waals surface area contributed by atoms with Gasteiger partial charge >= 0.3 is 17.9 Å². The molecule has 6 nitrogen and oxygen atoms in total. The Bertz CT molecular complexity index is 1460. The fourth-order valence-electron chi connectivity index (χ4n) is 7.93. The molecule has 0 rings (SSSR count). The van der Waals surface area contributed by atoms with Crippen LogP contribution in [0.4, 0.5) is 0 Å². The van der Waals surface area contributed by atoms with Crippen molar-refractivity contribution in [1.29, 1.82) is 0 Å². The van der Waals surface area contributed by atoms with Crippen LogP contribution in [-0.4, -0.2) is 37.2 Å². The first-order valence-corrected chi connectivity index (χ1v) is 29.4. The molecule has 71 heavy (non-hydrogen) atoms. The second-order valence-corrected chi connectivity index (χ2v) is 19.1. The van der Waals surface area contributed by atoms with Crippen molar-refractivity contribution >= 4 is 17.9 Å². The molecule has 0 aliphatic rings. The number of esters is 3. The lowest BCUT2D eigenvalue weighted by atomic mass is 10.0. The third-order valence-corrected chi connectivity index (χ3v) is 12.3. The highest BCUT2D eigenvalue weighted by Crippen LogP contribution is 2.15. The summed E-state index contributed by atoms with van der Waals surface area (Å²) >= 11 is 0. The lowest BCUT2D eigenvalue weighted by Gasteiger charge is -2.18. The molecule has 1 unspecified atom stereocenters. The first kappa shape index (κ1) is 67.1. The number of hydrogen-bond donors (Lipinski definition) is 0. The Balaban J connectivity index is 4.48. The third kappa shape index (κ3) is 56.9. The van der Waals surface area contributed by atoms with Crippen LogP contribution in [0.1, 0.15) is 265 Å². The summed E-state index contributed by atoms with van der Waals surface area (Å²) in [4.78, 5) is 38.2. The van der Waals surface area contributed by atoms with E-state index in [2.05, 4.69) is 130 Å². The monoisotopic (exact) mass is 985 g/mol.